The third-order valence-electron chi connectivity index (χ3n) is 4.12. The largest absolute Gasteiger partial charge is 0.478 e. The number of alkyl halides is 3. The summed E-state index contributed by atoms with van der Waals surface area (Å²) in [4.78, 5) is 24.6. The van der Waals surface area contributed by atoms with Crippen LogP contribution in [-0.2, 0) is 17.4 Å². The van der Waals surface area contributed by atoms with Crippen LogP contribution < -0.4 is 10.1 Å². The molecule has 1 aromatic heterocycles. The predicted octanol–water partition coefficient (Wildman–Crippen LogP) is 4.74. The van der Waals surface area contributed by atoms with Crippen LogP contribution >= 0.6 is 12.6 Å². The van der Waals surface area contributed by atoms with Gasteiger partial charge in [0.25, 0.3) is 0 Å². The minimum Gasteiger partial charge on any atom is -0.478 e. The number of allylic oxidation sites excluding steroid dienone is 4. The van der Waals surface area contributed by atoms with Gasteiger partial charge in [-0.3, -0.25) is 4.79 Å². The summed E-state index contributed by atoms with van der Waals surface area (Å²) < 4.78 is 43.7. The maximum atomic E-state index is 12.1. The van der Waals surface area contributed by atoms with Crippen molar-refractivity contribution in [2.75, 3.05) is 6.61 Å². The van der Waals surface area contributed by atoms with Gasteiger partial charge in [0.15, 0.2) is 0 Å². The molecule has 1 amide bonds. The Morgan fingerprint density at radius 1 is 1.31 bits per heavy atom. The van der Waals surface area contributed by atoms with E-state index in [9.17, 15) is 22.8 Å². The third-order valence-corrected chi connectivity index (χ3v) is 4.22. The average Bonchev–Trinajstić information content (AvgIpc) is 2.75. The maximum absolute atomic E-state index is 12.1. The molecule has 0 atom stereocenters. The minimum atomic E-state index is -4.33. The number of ether oxygens (including phenoxy) is 1. The van der Waals surface area contributed by atoms with Crippen LogP contribution in [0.25, 0.3) is 0 Å². The SMILES string of the molecule is CCOc1cc(=NC(=O)S)cnn1C1C=CCC=C1.O=CCc1cccc(C(F)(F)F)c1. The number of thiol groups is 1. The lowest BCUT2D eigenvalue weighted by Crippen LogP contribution is -2.18. The zero-order valence-electron chi connectivity index (χ0n) is 17.2. The van der Waals surface area contributed by atoms with Gasteiger partial charge in [0.1, 0.15) is 6.29 Å². The lowest BCUT2D eigenvalue weighted by Gasteiger charge is -2.18. The van der Waals surface area contributed by atoms with Crippen LogP contribution in [0.5, 0.6) is 5.88 Å². The van der Waals surface area contributed by atoms with E-state index in [4.69, 9.17) is 4.74 Å². The highest BCUT2D eigenvalue weighted by Gasteiger charge is 2.30. The van der Waals surface area contributed by atoms with Crippen molar-refractivity contribution in [2.24, 2.45) is 4.99 Å². The number of halogens is 3. The predicted molar refractivity (Wildman–Crippen MR) is 116 cm³/mol. The van der Waals surface area contributed by atoms with Crippen molar-refractivity contribution >= 4 is 24.2 Å². The van der Waals surface area contributed by atoms with Crippen LogP contribution in [-0.4, -0.2) is 27.9 Å². The molecule has 0 bridgehead atoms. The Balaban J connectivity index is 0.000000244. The fourth-order valence-corrected chi connectivity index (χ4v) is 2.89. The van der Waals surface area contributed by atoms with Gasteiger partial charge in [-0.15, -0.1) is 0 Å². The number of carbonyl (C=O) groups excluding carboxylic acids is 2. The molecule has 0 saturated heterocycles. The van der Waals surface area contributed by atoms with Crippen LogP contribution in [0.4, 0.5) is 18.0 Å². The molecule has 1 aliphatic carbocycles. The topological polar surface area (TPSA) is 73.5 Å². The zero-order valence-corrected chi connectivity index (χ0v) is 18.1. The zero-order chi connectivity index (χ0) is 23.6. The standard InChI is InChI=1S/C13H15N3O2S.C9H7F3O/c1-2-18-12-8-10(15-13(17)19)9-14-16(12)11-6-4-3-5-7-11;10-9(11,12)8-3-1-2-7(6-8)4-5-13/h4-9,11H,2-3H2,1H3,(H,17,19);1-3,5-6H,4H2. The maximum Gasteiger partial charge on any atom is 0.416 e. The van der Waals surface area contributed by atoms with Crippen molar-refractivity contribution < 1.29 is 27.5 Å². The summed E-state index contributed by atoms with van der Waals surface area (Å²) in [7, 11) is 0. The Kier molecular flexibility index (Phi) is 9.45. The molecule has 170 valence electrons. The van der Waals surface area contributed by atoms with Crippen molar-refractivity contribution in [3.63, 3.8) is 0 Å². The van der Waals surface area contributed by atoms with Crippen LogP contribution in [0.1, 0.15) is 30.5 Å². The molecule has 1 aliphatic rings. The van der Waals surface area contributed by atoms with Gasteiger partial charge in [-0.25, -0.2) is 9.67 Å². The number of aldehydes is 1. The van der Waals surface area contributed by atoms with Gasteiger partial charge in [-0.2, -0.15) is 18.3 Å². The van der Waals surface area contributed by atoms with E-state index in [0.29, 0.717) is 29.7 Å². The number of rotatable bonds is 5. The first kappa shape index (κ1) is 25.1. The molecule has 32 heavy (non-hydrogen) atoms. The highest BCUT2D eigenvalue weighted by atomic mass is 32.1. The second kappa shape index (κ2) is 12.0. The first-order valence-corrected chi connectivity index (χ1v) is 10.1. The van der Waals surface area contributed by atoms with E-state index in [1.165, 1.54) is 18.3 Å². The summed E-state index contributed by atoms with van der Waals surface area (Å²) in [5.41, 5.74) is -0.336. The number of aromatic nitrogens is 2. The van der Waals surface area contributed by atoms with Crippen molar-refractivity contribution in [2.45, 2.75) is 32.0 Å². The Bertz CT molecular complexity index is 1050. The second-order valence-corrected chi connectivity index (χ2v) is 6.86. The van der Waals surface area contributed by atoms with Gasteiger partial charge in [-0.05, 0) is 25.0 Å². The van der Waals surface area contributed by atoms with Crippen LogP contribution in [0.3, 0.4) is 0 Å². The van der Waals surface area contributed by atoms with Crippen LogP contribution in [0.15, 0.2) is 65.8 Å². The lowest BCUT2D eigenvalue weighted by atomic mass is 10.1. The number of hydrogen-bond acceptors (Lipinski definition) is 4. The van der Waals surface area contributed by atoms with Crippen LogP contribution in [0.2, 0.25) is 0 Å². The molecule has 0 unspecified atom stereocenters. The summed E-state index contributed by atoms with van der Waals surface area (Å²) in [5.74, 6) is 0.569. The van der Waals surface area contributed by atoms with Gasteiger partial charge >= 0.3 is 11.4 Å². The fraction of sp³-hybridized carbons (Fsp3) is 0.273. The highest BCUT2D eigenvalue weighted by molar-refractivity contribution is 7.96. The molecule has 0 saturated carbocycles. The Labute approximate surface area is 188 Å². The molecule has 0 radical (unpaired) electrons. The molecule has 2 aromatic rings. The van der Waals surface area contributed by atoms with E-state index in [1.54, 1.807) is 10.7 Å². The average molecular weight is 465 g/mol. The normalized spacial score (nSPS) is 14.0. The number of nitrogens with zero attached hydrogens (tertiary/aromatic N) is 3. The number of hydrogen-bond donors (Lipinski definition) is 1. The van der Waals surface area contributed by atoms with Gasteiger partial charge in [0.2, 0.25) is 5.88 Å². The molecular weight excluding hydrogens is 443 g/mol. The highest BCUT2D eigenvalue weighted by Crippen LogP contribution is 2.29. The summed E-state index contributed by atoms with van der Waals surface area (Å²) in [5, 5.41) is 4.16. The van der Waals surface area contributed by atoms with Gasteiger partial charge < -0.3 is 9.53 Å². The smallest absolute Gasteiger partial charge is 0.416 e. The molecular formula is C22H22F3N3O3S. The first-order valence-electron chi connectivity index (χ1n) is 9.67. The van der Waals surface area contributed by atoms with Crippen molar-refractivity contribution in [1.29, 1.82) is 0 Å². The monoisotopic (exact) mass is 465 g/mol. The molecule has 0 spiro atoms. The van der Waals surface area contributed by atoms with Gasteiger partial charge in [-0.1, -0.05) is 55.1 Å². The Morgan fingerprint density at radius 3 is 2.62 bits per heavy atom. The number of benzene rings is 1. The molecule has 0 N–H and O–H groups in total. The minimum absolute atomic E-state index is 0.0178. The van der Waals surface area contributed by atoms with Gasteiger partial charge in [0.05, 0.1) is 29.8 Å². The second-order valence-electron chi connectivity index (χ2n) is 6.48. The van der Waals surface area contributed by atoms with Crippen molar-refractivity contribution in [1.82, 2.24) is 9.78 Å². The lowest BCUT2D eigenvalue weighted by molar-refractivity contribution is -0.137. The van der Waals surface area contributed by atoms with E-state index in [-0.39, 0.29) is 12.5 Å². The van der Waals surface area contributed by atoms with E-state index < -0.39 is 17.0 Å². The van der Waals surface area contributed by atoms with E-state index in [1.807, 2.05) is 6.92 Å². The molecule has 6 nitrogen and oxygen atoms in total. The third kappa shape index (κ3) is 7.84. The fourth-order valence-electron chi connectivity index (χ4n) is 2.77. The molecule has 0 aliphatic heterocycles. The Hall–Kier alpha value is -3.14. The molecule has 3 rings (SSSR count). The first-order chi connectivity index (χ1) is 15.2. The van der Waals surface area contributed by atoms with E-state index in [0.717, 1.165) is 18.6 Å². The summed E-state index contributed by atoms with van der Waals surface area (Å²) in [6, 6.07) is 6.45. The van der Waals surface area contributed by atoms with Crippen molar-refractivity contribution in [3.8, 4) is 5.88 Å². The molecule has 0 fully saturated rings. The molecule has 10 heteroatoms. The van der Waals surface area contributed by atoms with E-state index in [2.05, 4.69) is 47.0 Å². The molecule has 1 heterocycles. The summed E-state index contributed by atoms with van der Waals surface area (Å²) in [6.07, 6.45) is 6.97. The molecule has 1 aromatic carbocycles. The Morgan fingerprint density at radius 2 is 2.03 bits per heavy atom. The van der Waals surface area contributed by atoms with Crippen LogP contribution in [0, 0.1) is 0 Å². The quantitative estimate of drug-likeness (QED) is 0.393. The van der Waals surface area contributed by atoms with Crippen molar-refractivity contribution in [3.05, 3.63) is 77.3 Å². The van der Waals surface area contributed by atoms with Gasteiger partial charge in [0, 0.05) is 12.5 Å². The summed E-state index contributed by atoms with van der Waals surface area (Å²) in [6.45, 7) is 2.41. The number of amides is 1. The number of carbonyl (C=O) groups is 2. The summed E-state index contributed by atoms with van der Waals surface area (Å²) >= 11 is 3.62. The van der Waals surface area contributed by atoms with E-state index >= 15 is 0 Å².